The normalized spacial score (nSPS) is 11.0. The van der Waals surface area contributed by atoms with Gasteiger partial charge in [0.05, 0.1) is 6.61 Å². The van der Waals surface area contributed by atoms with Gasteiger partial charge < -0.3 is 9.15 Å². The predicted octanol–water partition coefficient (Wildman–Crippen LogP) is 3.13. The maximum Gasteiger partial charge on any atom is 0.195 e. The Morgan fingerprint density at radius 1 is 1.41 bits per heavy atom. The van der Waals surface area contributed by atoms with Crippen molar-refractivity contribution in [3.05, 3.63) is 35.1 Å². The van der Waals surface area contributed by atoms with Crippen LogP contribution < -0.4 is 0 Å². The summed E-state index contributed by atoms with van der Waals surface area (Å²) in [7, 11) is 1.69. The van der Waals surface area contributed by atoms with E-state index in [0.29, 0.717) is 12.4 Å². The fourth-order valence-electron chi connectivity index (χ4n) is 1.98. The first-order chi connectivity index (χ1) is 8.13. The van der Waals surface area contributed by atoms with Crippen LogP contribution in [0.5, 0.6) is 0 Å². The molecule has 0 radical (unpaired) electrons. The first-order valence-corrected chi connectivity index (χ1v) is 5.65. The fraction of sp³-hybridized carbons (Fsp3) is 0.357. The average molecular weight is 232 g/mol. The first-order valence-electron chi connectivity index (χ1n) is 5.65. The van der Waals surface area contributed by atoms with Crippen LogP contribution >= 0.6 is 0 Å². The molecular formula is C14H16O3. The summed E-state index contributed by atoms with van der Waals surface area (Å²) in [5.41, 5.74) is 2.89. The van der Waals surface area contributed by atoms with Crippen LogP contribution in [0.15, 0.2) is 22.6 Å². The van der Waals surface area contributed by atoms with Crippen molar-refractivity contribution >= 4 is 16.8 Å². The number of Topliss-reactive ketones (excluding diaryl/α,β-unsaturated/α-hetero) is 1. The predicted molar refractivity (Wildman–Crippen MR) is 66.5 cm³/mol. The first kappa shape index (κ1) is 11.9. The minimum absolute atomic E-state index is 0.0304. The minimum Gasteiger partial charge on any atom is -0.453 e. The molecule has 1 aromatic carbocycles. The highest BCUT2D eigenvalue weighted by molar-refractivity contribution is 5.98. The number of carbonyl (C=O) groups is 1. The molecule has 17 heavy (non-hydrogen) atoms. The lowest BCUT2D eigenvalue weighted by Gasteiger charge is -2.00. The molecule has 90 valence electrons. The van der Waals surface area contributed by atoms with Gasteiger partial charge in [0.2, 0.25) is 0 Å². The Balaban J connectivity index is 2.46. The van der Waals surface area contributed by atoms with Gasteiger partial charge in [-0.05, 0) is 31.0 Å². The molecule has 0 bridgehead atoms. The molecule has 1 heterocycles. The van der Waals surface area contributed by atoms with E-state index >= 15 is 0 Å². The number of hydrogen-bond acceptors (Lipinski definition) is 3. The van der Waals surface area contributed by atoms with Gasteiger partial charge in [0.15, 0.2) is 11.5 Å². The Labute approximate surface area is 100 Å². The summed E-state index contributed by atoms with van der Waals surface area (Å²) in [6.45, 7) is 4.14. The molecule has 3 heteroatoms. The maximum atomic E-state index is 11.4. The lowest BCUT2D eigenvalue weighted by Crippen LogP contribution is -1.94. The summed E-state index contributed by atoms with van der Waals surface area (Å²) in [5.74, 6) is 0.432. The highest BCUT2D eigenvalue weighted by atomic mass is 16.5. The Bertz CT molecular complexity index is 552. The summed E-state index contributed by atoms with van der Waals surface area (Å²) < 4.78 is 10.6. The van der Waals surface area contributed by atoms with Crippen LogP contribution in [0, 0.1) is 6.92 Å². The summed E-state index contributed by atoms with van der Waals surface area (Å²) in [4.78, 5) is 11.4. The van der Waals surface area contributed by atoms with E-state index in [9.17, 15) is 4.79 Å². The van der Waals surface area contributed by atoms with Crippen LogP contribution in [-0.2, 0) is 11.2 Å². The van der Waals surface area contributed by atoms with Crippen molar-refractivity contribution in [3.63, 3.8) is 0 Å². The van der Waals surface area contributed by atoms with Gasteiger partial charge in [-0.15, -0.1) is 0 Å². The molecule has 0 spiro atoms. The molecule has 0 amide bonds. The van der Waals surface area contributed by atoms with E-state index in [4.69, 9.17) is 9.15 Å². The molecule has 1 aromatic heterocycles. The number of benzene rings is 1. The Hall–Kier alpha value is -1.61. The second kappa shape index (κ2) is 4.72. The van der Waals surface area contributed by atoms with Crippen molar-refractivity contribution in [2.75, 3.05) is 13.7 Å². The Morgan fingerprint density at radius 2 is 2.18 bits per heavy atom. The number of rotatable bonds is 4. The molecule has 0 aliphatic carbocycles. The number of carbonyl (C=O) groups excluding carboxylic acids is 1. The Kier molecular flexibility index (Phi) is 3.29. The zero-order chi connectivity index (χ0) is 12.4. The number of ketones is 1. The summed E-state index contributed by atoms with van der Waals surface area (Å²) in [6.07, 6.45) is 0.868. The quantitative estimate of drug-likeness (QED) is 0.760. The van der Waals surface area contributed by atoms with Crippen molar-refractivity contribution < 1.29 is 13.9 Å². The van der Waals surface area contributed by atoms with E-state index in [1.165, 1.54) is 12.5 Å². The van der Waals surface area contributed by atoms with Crippen LogP contribution in [0.4, 0.5) is 0 Å². The highest BCUT2D eigenvalue weighted by Crippen LogP contribution is 2.26. The SMILES string of the molecule is COCCc1ccc2oc(C(C)=O)c(C)c2c1. The van der Waals surface area contributed by atoms with E-state index in [1.54, 1.807) is 7.11 Å². The molecule has 2 aromatic rings. The third-order valence-electron chi connectivity index (χ3n) is 2.92. The molecule has 0 N–H and O–H groups in total. The standard InChI is InChI=1S/C14H16O3/c1-9-12-8-11(6-7-16-3)4-5-13(12)17-14(9)10(2)15/h4-5,8H,6-7H2,1-3H3. The van der Waals surface area contributed by atoms with Crippen LogP contribution in [0.1, 0.15) is 28.6 Å². The van der Waals surface area contributed by atoms with E-state index in [1.807, 2.05) is 19.1 Å². The fourth-order valence-corrected chi connectivity index (χ4v) is 1.98. The largest absolute Gasteiger partial charge is 0.453 e. The van der Waals surface area contributed by atoms with E-state index < -0.39 is 0 Å². The van der Waals surface area contributed by atoms with E-state index in [0.717, 1.165) is 23.0 Å². The van der Waals surface area contributed by atoms with Gasteiger partial charge in [-0.1, -0.05) is 6.07 Å². The van der Waals surface area contributed by atoms with Gasteiger partial charge in [0.1, 0.15) is 5.58 Å². The van der Waals surface area contributed by atoms with Crippen molar-refractivity contribution in [3.8, 4) is 0 Å². The van der Waals surface area contributed by atoms with Crippen LogP contribution in [0.3, 0.4) is 0 Å². The molecule has 0 aliphatic heterocycles. The number of furan rings is 1. The van der Waals surface area contributed by atoms with Crippen molar-refractivity contribution in [2.45, 2.75) is 20.3 Å². The van der Waals surface area contributed by atoms with E-state index in [-0.39, 0.29) is 5.78 Å². The summed E-state index contributed by atoms with van der Waals surface area (Å²) >= 11 is 0. The topological polar surface area (TPSA) is 39.4 Å². The third kappa shape index (κ3) is 2.24. The monoisotopic (exact) mass is 232 g/mol. The summed E-state index contributed by atoms with van der Waals surface area (Å²) in [6, 6.07) is 5.99. The zero-order valence-electron chi connectivity index (χ0n) is 10.4. The van der Waals surface area contributed by atoms with Crippen molar-refractivity contribution in [1.82, 2.24) is 0 Å². The van der Waals surface area contributed by atoms with Gasteiger partial charge in [-0.2, -0.15) is 0 Å². The smallest absolute Gasteiger partial charge is 0.195 e. The molecular weight excluding hydrogens is 216 g/mol. The number of methoxy groups -OCH3 is 1. The average Bonchev–Trinajstić information content (AvgIpc) is 2.64. The maximum absolute atomic E-state index is 11.4. The second-order valence-corrected chi connectivity index (χ2v) is 4.19. The third-order valence-corrected chi connectivity index (χ3v) is 2.92. The molecule has 0 saturated carbocycles. The molecule has 0 unspecified atom stereocenters. The highest BCUT2D eigenvalue weighted by Gasteiger charge is 2.14. The van der Waals surface area contributed by atoms with Crippen molar-refractivity contribution in [2.24, 2.45) is 0 Å². The van der Waals surface area contributed by atoms with Gasteiger partial charge in [0.25, 0.3) is 0 Å². The lowest BCUT2D eigenvalue weighted by atomic mass is 10.1. The van der Waals surface area contributed by atoms with Crippen LogP contribution in [0.25, 0.3) is 11.0 Å². The zero-order valence-corrected chi connectivity index (χ0v) is 10.4. The van der Waals surface area contributed by atoms with Crippen molar-refractivity contribution in [1.29, 1.82) is 0 Å². The van der Waals surface area contributed by atoms with Crippen LogP contribution in [0.2, 0.25) is 0 Å². The molecule has 2 rings (SSSR count). The van der Waals surface area contributed by atoms with Gasteiger partial charge in [-0.3, -0.25) is 4.79 Å². The van der Waals surface area contributed by atoms with E-state index in [2.05, 4.69) is 6.07 Å². The Morgan fingerprint density at radius 3 is 2.82 bits per heavy atom. The van der Waals surface area contributed by atoms with Gasteiger partial charge >= 0.3 is 0 Å². The number of hydrogen-bond donors (Lipinski definition) is 0. The second-order valence-electron chi connectivity index (χ2n) is 4.19. The molecule has 0 aliphatic rings. The molecule has 0 fully saturated rings. The van der Waals surface area contributed by atoms with Gasteiger partial charge in [-0.25, -0.2) is 0 Å². The minimum atomic E-state index is -0.0304. The molecule has 3 nitrogen and oxygen atoms in total. The summed E-state index contributed by atoms with van der Waals surface area (Å²) in [5, 5.41) is 1.02. The number of fused-ring (bicyclic) bond motifs is 1. The van der Waals surface area contributed by atoms with Crippen LogP contribution in [-0.4, -0.2) is 19.5 Å². The molecule has 0 saturated heterocycles. The number of ether oxygens (including phenoxy) is 1. The van der Waals surface area contributed by atoms with Gasteiger partial charge in [0, 0.05) is 25.0 Å². The molecule has 0 atom stereocenters. The number of aryl methyl sites for hydroxylation is 1. The lowest BCUT2D eigenvalue weighted by molar-refractivity contribution is 0.0988.